The number of rotatable bonds is 4. The summed E-state index contributed by atoms with van der Waals surface area (Å²) >= 11 is 4.62. The normalized spacial score (nSPS) is 12.1. The SMILES string of the molecule is Cc1cccc(CN(C)S(=O)(=O)c2cc(C)c(Br)s2)c1. The van der Waals surface area contributed by atoms with Crippen molar-refractivity contribution in [2.45, 2.75) is 24.6 Å². The molecule has 20 heavy (non-hydrogen) atoms. The first-order valence-corrected chi connectivity index (χ1v) is 9.13. The predicted octanol–water partition coefficient (Wildman–Crippen LogP) is 3.95. The van der Waals surface area contributed by atoms with Crippen molar-refractivity contribution >= 4 is 37.3 Å². The number of sulfonamides is 1. The monoisotopic (exact) mass is 373 g/mol. The zero-order valence-corrected chi connectivity index (χ0v) is 14.8. The van der Waals surface area contributed by atoms with Crippen molar-refractivity contribution in [3.63, 3.8) is 0 Å². The van der Waals surface area contributed by atoms with Gasteiger partial charge >= 0.3 is 0 Å². The Hall–Kier alpha value is -0.690. The number of halogens is 1. The molecule has 0 aliphatic carbocycles. The van der Waals surface area contributed by atoms with E-state index in [1.165, 1.54) is 15.6 Å². The zero-order valence-electron chi connectivity index (χ0n) is 11.6. The van der Waals surface area contributed by atoms with Crippen LogP contribution in [0, 0.1) is 13.8 Å². The second kappa shape index (κ2) is 5.97. The number of hydrogen-bond donors (Lipinski definition) is 0. The van der Waals surface area contributed by atoms with E-state index in [2.05, 4.69) is 15.9 Å². The maximum absolute atomic E-state index is 12.5. The molecule has 6 heteroatoms. The summed E-state index contributed by atoms with van der Waals surface area (Å²) < 4.78 is 27.6. The molecule has 1 aromatic heterocycles. The molecule has 0 atom stereocenters. The molecule has 3 nitrogen and oxygen atoms in total. The van der Waals surface area contributed by atoms with Gasteiger partial charge in [-0.05, 0) is 47.0 Å². The van der Waals surface area contributed by atoms with Crippen molar-refractivity contribution in [3.05, 3.63) is 50.8 Å². The van der Waals surface area contributed by atoms with Gasteiger partial charge < -0.3 is 0 Å². The van der Waals surface area contributed by atoms with Gasteiger partial charge in [-0.25, -0.2) is 8.42 Å². The predicted molar refractivity (Wildman–Crippen MR) is 86.6 cm³/mol. The number of aryl methyl sites for hydroxylation is 2. The Labute approximate surface area is 132 Å². The summed E-state index contributed by atoms with van der Waals surface area (Å²) in [6.45, 7) is 4.26. The summed E-state index contributed by atoms with van der Waals surface area (Å²) in [4.78, 5) is 0. The molecule has 2 aromatic rings. The summed E-state index contributed by atoms with van der Waals surface area (Å²) in [6.07, 6.45) is 0. The highest BCUT2D eigenvalue weighted by Crippen LogP contribution is 2.32. The second-order valence-corrected chi connectivity index (χ2v) is 9.41. The van der Waals surface area contributed by atoms with Crippen LogP contribution >= 0.6 is 27.3 Å². The minimum Gasteiger partial charge on any atom is -0.206 e. The standard InChI is InChI=1S/C14H16BrNO2S2/c1-10-5-4-6-12(7-10)9-16(3)20(17,18)13-8-11(2)14(15)19-13/h4-8H,9H2,1-3H3. The third-order valence-electron chi connectivity index (χ3n) is 2.99. The molecule has 0 N–H and O–H groups in total. The molecular weight excluding hydrogens is 358 g/mol. The molecule has 0 amide bonds. The van der Waals surface area contributed by atoms with Crippen LogP contribution in [0.15, 0.2) is 38.3 Å². The molecule has 108 valence electrons. The van der Waals surface area contributed by atoms with Crippen molar-refractivity contribution in [3.8, 4) is 0 Å². The van der Waals surface area contributed by atoms with Crippen LogP contribution < -0.4 is 0 Å². The molecule has 0 unspecified atom stereocenters. The summed E-state index contributed by atoms with van der Waals surface area (Å²) in [5.41, 5.74) is 3.06. The Morgan fingerprint density at radius 3 is 2.50 bits per heavy atom. The van der Waals surface area contributed by atoms with Crippen molar-refractivity contribution in [2.24, 2.45) is 0 Å². The van der Waals surface area contributed by atoms with Crippen molar-refractivity contribution < 1.29 is 8.42 Å². The van der Waals surface area contributed by atoms with Crippen molar-refractivity contribution in [1.29, 1.82) is 0 Å². The average molecular weight is 374 g/mol. The third kappa shape index (κ3) is 3.31. The van der Waals surface area contributed by atoms with Crippen LogP contribution in [0.1, 0.15) is 16.7 Å². The minimum absolute atomic E-state index is 0.372. The lowest BCUT2D eigenvalue weighted by atomic mass is 10.1. The van der Waals surface area contributed by atoms with Gasteiger partial charge in [0.05, 0.1) is 3.79 Å². The molecule has 0 aliphatic rings. The van der Waals surface area contributed by atoms with E-state index in [1.807, 2.05) is 38.1 Å². The lowest BCUT2D eigenvalue weighted by Crippen LogP contribution is -2.25. The van der Waals surface area contributed by atoms with Crippen molar-refractivity contribution in [2.75, 3.05) is 7.05 Å². The topological polar surface area (TPSA) is 37.4 Å². The highest BCUT2D eigenvalue weighted by molar-refractivity contribution is 9.11. The molecule has 0 saturated carbocycles. The van der Waals surface area contributed by atoms with Crippen LogP contribution in [0.5, 0.6) is 0 Å². The maximum atomic E-state index is 12.5. The molecular formula is C14H16BrNO2S2. The van der Waals surface area contributed by atoms with Gasteiger partial charge in [-0.15, -0.1) is 11.3 Å². The lowest BCUT2D eigenvalue weighted by Gasteiger charge is -2.16. The molecule has 0 fully saturated rings. The zero-order chi connectivity index (χ0) is 14.9. The lowest BCUT2D eigenvalue weighted by molar-refractivity contribution is 0.468. The van der Waals surface area contributed by atoms with E-state index in [0.717, 1.165) is 20.5 Å². The summed E-state index contributed by atoms with van der Waals surface area (Å²) in [7, 11) is -1.82. The van der Waals surface area contributed by atoms with Gasteiger partial charge in [0.1, 0.15) is 4.21 Å². The van der Waals surface area contributed by atoms with Gasteiger partial charge in [0.25, 0.3) is 10.0 Å². The van der Waals surface area contributed by atoms with Gasteiger partial charge in [-0.2, -0.15) is 4.31 Å². The summed E-state index contributed by atoms with van der Waals surface area (Å²) in [5, 5.41) is 0. The molecule has 0 bridgehead atoms. The average Bonchev–Trinajstić information content (AvgIpc) is 2.70. The molecule has 2 rings (SSSR count). The Bertz CT molecular complexity index is 703. The fraction of sp³-hybridized carbons (Fsp3) is 0.286. The Kier molecular flexibility index (Phi) is 4.69. The van der Waals surface area contributed by atoms with Gasteiger partial charge in [0, 0.05) is 13.6 Å². The molecule has 0 spiro atoms. The van der Waals surface area contributed by atoms with E-state index in [0.29, 0.717) is 10.8 Å². The highest BCUT2D eigenvalue weighted by atomic mass is 79.9. The van der Waals surface area contributed by atoms with Crippen LogP contribution in [0.3, 0.4) is 0 Å². The number of hydrogen-bond acceptors (Lipinski definition) is 3. The Balaban J connectivity index is 2.25. The van der Waals surface area contributed by atoms with Crippen LogP contribution in [0.2, 0.25) is 0 Å². The third-order valence-corrected chi connectivity index (χ3v) is 7.38. The second-order valence-electron chi connectivity index (χ2n) is 4.77. The van der Waals surface area contributed by atoms with Crippen molar-refractivity contribution in [1.82, 2.24) is 4.31 Å². The molecule has 0 aliphatic heterocycles. The van der Waals surface area contributed by atoms with Gasteiger partial charge in [-0.1, -0.05) is 29.8 Å². The summed E-state index contributed by atoms with van der Waals surface area (Å²) in [5.74, 6) is 0. The molecule has 1 heterocycles. The van der Waals surface area contributed by atoms with E-state index in [-0.39, 0.29) is 0 Å². The van der Waals surface area contributed by atoms with Gasteiger partial charge in [-0.3, -0.25) is 0 Å². The van der Waals surface area contributed by atoms with Crippen LogP contribution in [-0.4, -0.2) is 19.8 Å². The molecule has 0 saturated heterocycles. The Morgan fingerprint density at radius 1 is 1.25 bits per heavy atom. The van der Waals surface area contributed by atoms with Crippen LogP contribution in [0.25, 0.3) is 0 Å². The largest absolute Gasteiger partial charge is 0.252 e. The summed E-state index contributed by atoms with van der Waals surface area (Å²) in [6, 6.07) is 9.59. The molecule has 1 aromatic carbocycles. The first-order chi connectivity index (χ1) is 9.30. The number of benzene rings is 1. The van der Waals surface area contributed by atoms with Crippen LogP contribution in [0.4, 0.5) is 0 Å². The first kappa shape index (κ1) is 15.7. The number of nitrogens with zero attached hydrogens (tertiary/aromatic N) is 1. The van der Waals surface area contributed by atoms with Gasteiger partial charge in [0.2, 0.25) is 0 Å². The number of thiophene rings is 1. The fourth-order valence-electron chi connectivity index (χ4n) is 1.87. The smallest absolute Gasteiger partial charge is 0.206 e. The van der Waals surface area contributed by atoms with E-state index in [4.69, 9.17) is 0 Å². The Morgan fingerprint density at radius 2 is 1.95 bits per heavy atom. The molecule has 0 radical (unpaired) electrons. The maximum Gasteiger partial charge on any atom is 0.252 e. The van der Waals surface area contributed by atoms with E-state index < -0.39 is 10.0 Å². The minimum atomic E-state index is -3.43. The highest BCUT2D eigenvalue weighted by Gasteiger charge is 2.23. The quantitative estimate of drug-likeness (QED) is 0.813. The van der Waals surface area contributed by atoms with E-state index >= 15 is 0 Å². The van der Waals surface area contributed by atoms with E-state index in [9.17, 15) is 8.42 Å². The van der Waals surface area contributed by atoms with E-state index in [1.54, 1.807) is 13.1 Å². The fourth-order valence-corrected chi connectivity index (χ4v) is 5.46. The van der Waals surface area contributed by atoms with Crippen LogP contribution in [-0.2, 0) is 16.6 Å². The van der Waals surface area contributed by atoms with Gasteiger partial charge in [0.15, 0.2) is 0 Å². The first-order valence-electron chi connectivity index (χ1n) is 6.08.